The number of H-pyrrole nitrogens is 1. The third-order valence-electron chi connectivity index (χ3n) is 5.36. The van der Waals surface area contributed by atoms with E-state index in [0.717, 1.165) is 24.3 Å². The van der Waals surface area contributed by atoms with Gasteiger partial charge in [-0.15, -0.1) is 0 Å². The molecule has 0 fully saturated rings. The second kappa shape index (κ2) is 8.05. The molecule has 11 heteroatoms. The number of carbonyl (C=O) groups is 2. The number of rotatable bonds is 3. The first-order valence-corrected chi connectivity index (χ1v) is 9.69. The third kappa shape index (κ3) is 4.48. The maximum absolute atomic E-state index is 12.9. The predicted octanol–water partition coefficient (Wildman–Crippen LogP) is 4.88. The Morgan fingerprint density at radius 2 is 1.64 bits per heavy atom. The van der Waals surface area contributed by atoms with Gasteiger partial charge in [-0.1, -0.05) is 30.3 Å². The van der Waals surface area contributed by atoms with Crippen molar-refractivity contribution < 1.29 is 35.9 Å². The minimum Gasteiger partial charge on any atom is -0.331 e. The third-order valence-corrected chi connectivity index (χ3v) is 5.36. The Labute approximate surface area is 183 Å². The van der Waals surface area contributed by atoms with E-state index in [2.05, 4.69) is 4.98 Å². The minimum absolute atomic E-state index is 0.0460. The zero-order chi connectivity index (χ0) is 24.0. The molecule has 0 bridgehead atoms. The smallest absolute Gasteiger partial charge is 0.331 e. The molecule has 5 nitrogen and oxygen atoms in total. The number of hydrogen-bond acceptors (Lipinski definition) is 3. The Morgan fingerprint density at radius 3 is 2.24 bits per heavy atom. The molecular weight excluding hydrogens is 452 g/mol. The van der Waals surface area contributed by atoms with Crippen molar-refractivity contribution in [2.24, 2.45) is 0 Å². The second-order valence-electron chi connectivity index (χ2n) is 7.47. The fraction of sp³-hybridized carbons (Fsp3) is 0.227. The molecule has 1 aliphatic rings. The summed E-state index contributed by atoms with van der Waals surface area (Å²) in [6.07, 6.45) is -8.38. The van der Waals surface area contributed by atoms with Crippen LogP contribution in [0.1, 0.15) is 48.9 Å². The fourth-order valence-corrected chi connectivity index (χ4v) is 3.69. The van der Waals surface area contributed by atoms with E-state index in [0.29, 0.717) is 22.9 Å². The standard InChI is InChI=1S/C22H15F6N3O2/c23-21(24,25)14-6-4-12(5-7-14)18(32)16-3-1-2-13-11-31(9-8-15(13)16)20(33)19-29-10-17(30-19)22(26,27)28/h1-7,10H,8-9,11H2,(H,29,30). The van der Waals surface area contributed by atoms with Gasteiger partial charge in [0.05, 0.1) is 11.8 Å². The van der Waals surface area contributed by atoms with Gasteiger partial charge in [0.2, 0.25) is 0 Å². The zero-order valence-corrected chi connectivity index (χ0v) is 16.7. The van der Waals surface area contributed by atoms with Crippen molar-refractivity contribution in [3.63, 3.8) is 0 Å². The summed E-state index contributed by atoms with van der Waals surface area (Å²) in [5, 5.41) is 0. The average molecular weight is 467 g/mol. The molecule has 1 amide bonds. The molecule has 33 heavy (non-hydrogen) atoms. The van der Waals surface area contributed by atoms with Crippen LogP contribution in [-0.2, 0) is 25.3 Å². The molecule has 0 radical (unpaired) electrons. The Morgan fingerprint density at radius 1 is 0.939 bits per heavy atom. The van der Waals surface area contributed by atoms with Gasteiger partial charge in [0, 0.05) is 24.2 Å². The summed E-state index contributed by atoms with van der Waals surface area (Å²) in [6.45, 7) is 0.176. The number of ketones is 1. The first-order valence-electron chi connectivity index (χ1n) is 9.69. The molecule has 4 rings (SSSR count). The van der Waals surface area contributed by atoms with Crippen LogP contribution < -0.4 is 0 Å². The van der Waals surface area contributed by atoms with E-state index >= 15 is 0 Å². The van der Waals surface area contributed by atoms with Crippen molar-refractivity contribution in [3.05, 3.63) is 88.0 Å². The molecule has 2 heterocycles. The number of hydrogen-bond donors (Lipinski definition) is 1. The van der Waals surface area contributed by atoms with Gasteiger partial charge in [-0.3, -0.25) is 9.59 Å². The Bertz CT molecular complexity index is 1210. The lowest BCUT2D eigenvalue weighted by Crippen LogP contribution is -2.37. The number of nitrogens with zero attached hydrogens (tertiary/aromatic N) is 2. The van der Waals surface area contributed by atoms with Crippen LogP contribution in [0.5, 0.6) is 0 Å². The second-order valence-corrected chi connectivity index (χ2v) is 7.47. The van der Waals surface area contributed by atoms with Gasteiger partial charge >= 0.3 is 12.4 Å². The number of aromatic amines is 1. The van der Waals surface area contributed by atoms with E-state index < -0.39 is 41.1 Å². The van der Waals surface area contributed by atoms with Crippen molar-refractivity contribution in [1.82, 2.24) is 14.9 Å². The Balaban J connectivity index is 1.55. The largest absolute Gasteiger partial charge is 0.432 e. The molecule has 3 aromatic rings. The first kappa shape index (κ1) is 22.6. The number of imidazole rings is 1. The number of fused-ring (bicyclic) bond motifs is 1. The van der Waals surface area contributed by atoms with Gasteiger partial charge in [0.1, 0.15) is 5.69 Å². The highest BCUT2D eigenvalue weighted by Gasteiger charge is 2.35. The number of aromatic nitrogens is 2. The topological polar surface area (TPSA) is 66.1 Å². The quantitative estimate of drug-likeness (QED) is 0.441. The predicted molar refractivity (Wildman–Crippen MR) is 103 cm³/mol. The van der Waals surface area contributed by atoms with Gasteiger partial charge in [0.15, 0.2) is 11.6 Å². The Hall–Kier alpha value is -3.63. The van der Waals surface area contributed by atoms with E-state index in [9.17, 15) is 35.9 Å². The number of alkyl halides is 6. The monoisotopic (exact) mass is 467 g/mol. The summed E-state index contributed by atoms with van der Waals surface area (Å²) < 4.78 is 76.6. The van der Waals surface area contributed by atoms with Crippen LogP contribution in [0.15, 0.2) is 48.7 Å². The van der Waals surface area contributed by atoms with Crippen LogP contribution in [0.3, 0.4) is 0 Å². The van der Waals surface area contributed by atoms with Crippen molar-refractivity contribution >= 4 is 11.7 Å². The molecule has 1 aromatic heterocycles. The molecule has 0 aliphatic carbocycles. The molecule has 1 aliphatic heterocycles. The lowest BCUT2D eigenvalue weighted by molar-refractivity contribution is -0.141. The maximum Gasteiger partial charge on any atom is 0.432 e. The van der Waals surface area contributed by atoms with Gasteiger partial charge in [-0.05, 0) is 29.7 Å². The normalized spacial score (nSPS) is 14.2. The molecule has 0 atom stereocenters. The molecule has 1 N–H and O–H groups in total. The van der Waals surface area contributed by atoms with E-state index in [-0.39, 0.29) is 25.1 Å². The van der Waals surface area contributed by atoms with Gasteiger partial charge in [-0.2, -0.15) is 26.3 Å². The van der Waals surface area contributed by atoms with Crippen molar-refractivity contribution in [2.45, 2.75) is 25.3 Å². The van der Waals surface area contributed by atoms with Crippen LogP contribution in [0.2, 0.25) is 0 Å². The van der Waals surface area contributed by atoms with Gasteiger partial charge < -0.3 is 9.88 Å². The van der Waals surface area contributed by atoms with Crippen molar-refractivity contribution in [3.8, 4) is 0 Å². The number of benzene rings is 2. The van der Waals surface area contributed by atoms with Crippen molar-refractivity contribution in [1.29, 1.82) is 0 Å². The number of nitrogens with one attached hydrogen (secondary N) is 1. The van der Waals surface area contributed by atoms with Crippen LogP contribution >= 0.6 is 0 Å². The molecule has 2 aromatic carbocycles. The van der Waals surface area contributed by atoms with E-state index in [1.807, 2.05) is 4.98 Å². The lowest BCUT2D eigenvalue weighted by Gasteiger charge is -2.29. The highest BCUT2D eigenvalue weighted by molar-refractivity contribution is 6.10. The zero-order valence-electron chi connectivity index (χ0n) is 16.7. The molecule has 0 unspecified atom stereocenters. The van der Waals surface area contributed by atoms with Crippen LogP contribution in [0.4, 0.5) is 26.3 Å². The summed E-state index contributed by atoms with van der Waals surface area (Å²) >= 11 is 0. The molecular formula is C22H15F6N3O2. The van der Waals surface area contributed by atoms with Gasteiger partial charge in [0.25, 0.3) is 5.91 Å². The molecule has 172 valence electrons. The highest BCUT2D eigenvalue weighted by atomic mass is 19.4. The van der Waals surface area contributed by atoms with E-state index in [4.69, 9.17) is 0 Å². The maximum atomic E-state index is 12.9. The van der Waals surface area contributed by atoms with E-state index in [1.165, 1.54) is 4.90 Å². The number of carbonyl (C=O) groups excluding carboxylic acids is 2. The fourth-order valence-electron chi connectivity index (χ4n) is 3.69. The Kier molecular flexibility index (Phi) is 5.51. The molecule has 0 saturated carbocycles. The number of amides is 1. The van der Waals surface area contributed by atoms with Crippen LogP contribution in [-0.4, -0.2) is 33.1 Å². The SMILES string of the molecule is O=C(c1ccc(C(F)(F)F)cc1)c1cccc2c1CCN(C(=O)c1ncc(C(F)(F)F)[nH]1)C2. The summed E-state index contributed by atoms with van der Waals surface area (Å²) in [6, 6.07) is 8.71. The number of halogens is 6. The summed E-state index contributed by atoms with van der Waals surface area (Å²) in [7, 11) is 0. The van der Waals surface area contributed by atoms with Crippen LogP contribution in [0, 0.1) is 0 Å². The van der Waals surface area contributed by atoms with Crippen molar-refractivity contribution in [2.75, 3.05) is 6.54 Å². The molecule has 0 spiro atoms. The van der Waals surface area contributed by atoms with Gasteiger partial charge in [-0.25, -0.2) is 4.98 Å². The van der Waals surface area contributed by atoms with Crippen LogP contribution in [0.25, 0.3) is 0 Å². The minimum atomic E-state index is -4.66. The lowest BCUT2D eigenvalue weighted by atomic mass is 9.90. The van der Waals surface area contributed by atoms with E-state index in [1.54, 1.807) is 18.2 Å². The summed E-state index contributed by atoms with van der Waals surface area (Å²) in [4.78, 5) is 32.4. The summed E-state index contributed by atoms with van der Waals surface area (Å²) in [5.74, 6) is -1.61. The first-order chi connectivity index (χ1) is 15.4. The summed E-state index contributed by atoms with van der Waals surface area (Å²) in [5.41, 5.74) is -0.346. The highest BCUT2D eigenvalue weighted by Crippen LogP contribution is 2.31. The molecule has 0 saturated heterocycles. The average Bonchev–Trinajstić information content (AvgIpc) is 3.28.